The monoisotopic (exact) mass is 112 g/mol. The molecular weight excluding hydrogens is 107 g/mol. The van der Waals surface area contributed by atoms with Crippen LogP contribution in [0.2, 0.25) is 0 Å². The van der Waals surface area contributed by atoms with Crippen molar-refractivity contribution < 1.29 is 13.1 Å². The summed E-state index contributed by atoms with van der Waals surface area (Å²) in [5, 5.41) is 0. The van der Waals surface area contributed by atoms with Crippen molar-refractivity contribution in [2.75, 3.05) is 5.75 Å². The lowest BCUT2D eigenvalue weighted by atomic mass is 11.0. The Hall–Kier alpha value is 0.0400. The molecule has 2 nitrogen and oxygen atoms in total. The zero-order valence-corrected chi connectivity index (χ0v) is 4.13. The van der Waals surface area contributed by atoms with Crippen molar-refractivity contribution in [3.63, 3.8) is 0 Å². The van der Waals surface area contributed by atoms with Crippen LogP contribution >= 0.6 is 0 Å². The van der Waals surface area contributed by atoms with Gasteiger partial charge in [0.2, 0.25) is 0 Å². The number of hydrogen-bond acceptors (Lipinski definition) is 2. The van der Waals surface area contributed by atoms with Crippen molar-refractivity contribution in [3.8, 4) is 0 Å². The van der Waals surface area contributed by atoms with E-state index in [1.54, 1.807) is 6.92 Å². The summed E-state index contributed by atoms with van der Waals surface area (Å²) in [6.45, 7) is 1.57. The molecule has 0 aliphatic rings. The van der Waals surface area contributed by atoms with Gasteiger partial charge in [-0.3, -0.25) is 0 Å². The fourth-order valence-electron chi connectivity index (χ4n) is 0.0445. The molecule has 0 amide bonds. The average molecular weight is 112 g/mol. The van der Waals surface area contributed by atoms with Crippen LogP contribution in [0.4, 0.5) is 4.53 Å². The maximum absolute atomic E-state index is 10.6. The molecule has 0 aromatic heterocycles. The largest absolute Gasteiger partial charge is 0.227 e. The zero-order valence-electron chi connectivity index (χ0n) is 3.31. The van der Waals surface area contributed by atoms with Crippen LogP contribution in [-0.4, -0.2) is 9.96 Å². The van der Waals surface area contributed by atoms with Crippen LogP contribution in [0.3, 0.4) is 0 Å². The first-order valence-electron chi connectivity index (χ1n) is 1.48. The Morgan fingerprint density at radius 1 is 2.00 bits per heavy atom. The van der Waals surface area contributed by atoms with Gasteiger partial charge in [-0.05, 0) is 4.53 Å². The smallest absolute Gasteiger partial charge is 0.192 e. The SMILES string of the molecule is CCS(=O)OF. The van der Waals surface area contributed by atoms with E-state index in [9.17, 15) is 8.74 Å². The molecule has 0 N–H and O–H groups in total. The zero-order chi connectivity index (χ0) is 4.99. The van der Waals surface area contributed by atoms with Crippen LogP contribution in [-0.2, 0) is 15.5 Å². The fraction of sp³-hybridized carbons (Fsp3) is 1.00. The molecule has 38 valence electrons. The maximum Gasteiger partial charge on any atom is 0.192 e. The summed E-state index contributed by atoms with van der Waals surface area (Å²) in [4.78, 5) is 0. The molecule has 0 fully saturated rings. The van der Waals surface area contributed by atoms with Gasteiger partial charge in [-0.15, -0.1) is 0 Å². The molecule has 0 saturated carbocycles. The molecule has 1 atom stereocenters. The van der Waals surface area contributed by atoms with Crippen LogP contribution in [0, 0.1) is 0 Å². The van der Waals surface area contributed by atoms with Gasteiger partial charge in [0, 0.05) is 5.75 Å². The minimum atomic E-state index is -1.70. The van der Waals surface area contributed by atoms with Crippen molar-refractivity contribution >= 4 is 11.1 Å². The quantitative estimate of drug-likeness (QED) is 0.522. The minimum Gasteiger partial charge on any atom is -0.227 e. The molecule has 0 aliphatic carbocycles. The van der Waals surface area contributed by atoms with Gasteiger partial charge in [-0.25, -0.2) is 4.21 Å². The Balaban J connectivity index is 2.99. The summed E-state index contributed by atoms with van der Waals surface area (Å²) in [6, 6.07) is 0. The van der Waals surface area contributed by atoms with Crippen LogP contribution in [0.15, 0.2) is 0 Å². The minimum absolute atomic E-state index is 0.205. The van der Waals surface area contributed by atoms with Crippen LogP contribution < -0.4 is 0 Å². The second-order valence-electron chi connectivity index (χ2n) is 0.655. The summed E-state index contributed by atoms with van der Waals surface area (Å²) >= 11 is -1.70. The lowest BCUT2D eigenvalue weighted by molar-refractivity contribution is 0.0128. The summed E-state index contributed by atoms with van der Waals surface area (Å²) in [7, 11) is 0. The molecule has 0 rings (SSSR count). The molecule has 0 saturated heterocycles. The van der Waals surface area contributed by atoms with Crippen molar-refractivity contribution in [1.29, 1.82) is 0 Å². The van der Waals surface area contributed by atoms with Crippen molar-refractivity contribution in [3.05, 3.63) is 0 Å². The van der Waals surface area contributed by atoms with E-state index in [0.29, 0.717) is 0 Å². The highest BCUT2D eigenvalue weighted by Crippen LogP contribution is 1.81. The number of halogens is 1. The van der Waals surface area contributed by atoms with Gasteiger partial charge in [-0.2, -0.15) is 0 Å². The van der Waals surface area contributed by atoms with Gasteiger partial charge in [-0.1, -0.05) is 11.3 Å². The summed E-state index contributed by atoms with van der Waals surface area (Å²) in [6.07, 6.45) is 0. The third-order valence-corrected chi connectivity index (χ3v) is 0.918. The van der Waals surface area contributed by atoms with Crippen molar-refractivity contribution in [2.45, 2.75) is 6.92 Å². The Labute approximate surface area is 37.9 Å². The van der Waals surface area contributed by atoms with Crippen LogP contribution in [0.1, 0.15) is 6.92 Å². The standard InChI is InChI=1S/C2H5FO2S/c1-2-6(4)5-3/h2H2,1H3. The molecule has 4 heteroatoms. The molecule has 0 bridgehead atoms. The predicted molar refractivity (Wildman–Crippen MR) is 20.9 cm³/mol. The second kappa shape index (κ2) is 3.24. The van der Waals surface area contributed by atoms with E-state index >= 15 is 0 Å². The molecule has 6 heavy (non-hydrogen) atoms. The first-order chi connectivity index (χ1) is 2.81. The van der Waals surface area contributed by atoms with Crippen molar-refractivity contribution in [1.82, 2.24) is 0 Å². The molecule has 0 radical (unpaired) electrons. The lowest BCUT2D eigenvalue weighted by Crippen LogP contribution is -1.89. The molecule has 0 aliphatic heterocycles. The molecule has 0 spiro atoms. The van der Waals surface area contributed by atoms with E-state index in [0.717, 1.165) is 0 Å². The Kier molecular flexibility index (Phi) is 3.26. The highest BCUT2D eigenvalue weighted by Gasteiger charge is 1.88. The van der Waals surface area contributed by atoms with Gasteiger partial charge >= 0.3 is 0 Å². The lowest BCUT2D eigenvalue weighted by Gasteiger charge is -1.79. The first-order valence-corrected chi connectivity index (χ1v) is 2.73. The second-order valence-corrected chi connectivity index (χ2v) is 1.97. The van der Waals surface area contributed by atoms with E-state index in [1.807, 2.05) is 0 Å². The normalized spacial score (nSPS) is 14.3. The first kappa shape index (κ1) is 6.04. The van der Waals surface area contributed by atoms with Gasteiger partial charge in [0.05, 0.1) is 0 Å². The predicted octanol–water partition coefficient (Wildman–Crippen LogP) is 0.571. The molecule has 1 unspecified atom stereocenters. The van der Waals surface area contributed by atoms with Crippen LogP contribution in [0.5, 0.6) is 0 Å². The van der Waals surface area contributed by atoms with Gasteiger partial charge < -0.3 is 0 Å². The highest BCUT2D eigenvalue weighted by molar-refractivity contribution is 7.80. The molecule has 0 aromatic carbocycles. The number of rotatable bonds is 2. The average Bonchev–Trinajstić information content (AvgIpc) is 1.65. The summed E-state index contributed by atoms with van der Waals surface area (Å²) < 4.78 is 23.2. The Morgan fingerprint density at radius 3 is 2.50 bits per heavy atom. The topological polar surface area (TPSA) is 26.3 Å². The van der Waals surface area contributed by atoms with E-state index in [2.05, 4.69) is 4.39 Å². The maximum atomic E-state index is 10.6. The third-order valence-electron chi connectivity index (χ3n) is 0.306. The fourth-order valence-corrected chi connectivity index (χ4v) is 0.134. The summed E-state index contributed by atoms with van der Waals surface area (Å²) in [5.41, 5.74) is 0. The van der Waals surface area contributed by atoms with E-state index in [4.69, 9.17) is 0 Å². The highest BCUT2D eigenvalue weighted by atomic mass is 32.2. The van der Waals surface area contributed by atoms with E-state index in [1.165, 1.54) is 0 Å². The van der Waals surface area contributed by atoms with E-state index < -0.39 is 11.1 Å². The Morgan fingerprint density at radius 2 is 2.50 bits per heavy atom. The Bertz CT molecular complexity index is 49.5. The number of hydrogen-bond donors (Lipinski definition) is 0. The van der Waals surface area contributed by atoms with Crippen molar-refractivity contribution in [2.24, 2.45) is 0 Å². The van der Waals surface area contributed by atoms with Crippen LogP contribution in [0.25, 0.3) is 0 Å². The molecular formula is C2H5FO2S. The van der Waals surface area contributed by atoms with Gasteiger partial charge in [0.1, 0.15) is 0 Å². The third kappa shape index (κ3) is 2.29. The summed E-state index contributed by atoms with van der Waals surface area (Å²) in [5.74, 6) is 0.205. The van der Waals surface area contributed by atoms with E-state index in [-0.39, 0.29) is 5.75 Å². The van der Waals surface area contributed by atoms with Gasteiger partial charge in [0.15, 0.2) is 11.1 Å². The molecule has 0 aromatic rings. The molecule has 0 heterocycles. The van der Waals surface area contributed by atoms with Gasteiger partial charge in [0.25, 0.3) is 0 Å².